The van der Waals surface area contributed by atoms with Crippen molar-refractivity contribution in [3.05, 3.63) is 40.5 Å². The number of thiazole rings is 1. The fourth-order valence-electron chi connectivity index (χ4n) is 1.95. The average Bonchev–Trinajstić information content (AvgIpc) is 3.16. The van der Waals surface area contributed by atoms with E-state index in [1.807, 2.05) is 12.1 Å². The van der Waals surface area contributed by atoms with E-state index < -0.39 is 0 Å². The minimum Gasteiger partial charge on any atom is -0.472 e. The fraction of sp³-hybridized carbons (Fsp3) is 0.200. The first kappa shape index (κ1) is 14.0. The van der Waals surface area contributed by atoms with Crippen molar-refractivity contribution in [2.45, 2.75) is 20.4 Å². The maximum atomic E-state index is 11.0. The maximum Gasteiger partial charge on any atom is 0.217 e. The Morgan fingerprint density at radius 1 is 1.33 bits per heavy atom. The van der Waals surface area contributed by atoms with Gasteiger partial charge in [-0.15, -0.1) is 22.7 Å². The lowest BCUT2D eigenvalue weighted by Gasteiger charge is -1.97. The van der Waals surface area contributed by atoms with Gasteiger partial charge in [0.2, 0.25) is 5.91 Å². The largest absolute Gasteiger partial charge is 0.472 e. The predicted octanol–water partition coefficient (Wildman–Crippen LogP) is 4.08. The van der Waals surface area contributed by atoms with E-state index in [2.05, 4.69) is 18.3 Å². The van der Waals surface area contributed by atoms with Crippen LogP contribution in [-0.2, 0) is 11.3 Å². The number of furan rings is 1. The molecule has 6 heteroatoms. The summed E-state index contributed by atoms with van der Waals surface area (Å²) in [6.45, 7) is 4.16. The van der Waals surface area contributed by atoms with Crippen molar-refractivity contribution in [3.8, 4) is 21.1 Å². The molecule has 3 rings (SSSR count). The Kier molecular flexibility index (Phi) is 3.90. The van der Waals surface area contributed by atoms with Crippen molar-refractivity contribution in [2.75, 3.05) is 0 Å². The minimum atomic E-state index is -0.0166. The average molecular weight is 318 g/mol. The number of nitrogens with zero attached hydrogens (tertiary/aromatic N) is 1. The Labute approximate surface area is 130 Å². The van der Waals surface area contributed by atoms with Crippen LogP contribution in [0.5, 0.6) is 0 Å². The quantitative estimate of drug-likeness (QED) is 0.788. The SMILES string of the molecule is CC(=O)NCc1ccc(-c2nc(-c3ccoc3)sc2C)s1. The first-order valence-electron chi connectivity index (χ1n) is 6.47. The number of hydrogen-bond donors (Lipinski definition) is 1. The van der Waals surface area contributed by atoms with Gasteiger partial charge in [0, 0.05) is 22.2 Å². The summed E-state index contributed by atoms with van der Waals surface area (Å²) in [5.74, 6) is -0.0166. The van der Waals surface area contributed by atoms with Gasteiger partial charge in [0.15, 0.2) is 0 Å². The molecule has 0 aromatic carbocycles. The topological polar surface area (TPSA) is 55.1 Å². The highest BCUT2D eigenvalue weighted by Gasteiger charge is 2.14. The van der Waals surface area contributed by atoms with Crippen LogP contribution in [0.3, 0.4) is 0 Å². The second kappa shape index (κ2) is 5.83. The molecule has 0 aliphatic carbocycles. The normalized spacial score (nSPS) is 10.8. The van der Waals surface area contributed by atoms with Crippen LogP contribution in [0.15, 0.2) is 35.1 Å². The molecule has 0 unspecified atom stereocenters. The zero-order valence-electron chi connectivity index (χ0n) is 11.7. The van der Waals surface area contributed by atoms with Crippen LogP contribution in [0.1, 0.15) is 16.7 Å². The number of carbonyl (C=O) groups is 1. The first-order chi connectivity index (χ1) is 10.1. The van der Waals surface area contributed by atoms with Crippen molar-refractivity contribution in [2.24, 2.45) is 0 Å². The molecule has 4 nitrogen and oxygen atoms in total. The van der Waals surface area contributed by atoms with Gasteiger partial charge in [-0.05, 0) is 25.1 Å². The van der Waals surface area contributed by atoms with Crippen molar-refractivity contribution >= 4 is 28.6 Å². The molecular weight excluding hydrogens is 304 g/mol. The molecule has 0 radical (unpaired) electrons. The number of carbonyl (C=O) groups excluding carboxylic acids is 1. The third-order valence-electron chi connectivity index (χ3n) is 2.97. The molecule has 0 aliphatic heterocycles. The smallest absolute Gasteiger partial charge is 0.217 e. The van der Waals surface area contributed by atoms with E-state index in [4.69, 9.17) is 9.40 Å². The summed E-state index contributed by atoms with van der Waals surface area (Å²) >= 11 is 3.32. The highest BCUT2D eigenvalue weighted by atomic mass is 32.1. The molecular formula is C15H14N2O2S2. The van der Waals surface area contributed by atoms with E-state index in [9.17, 15) is 4.79 Å². The van der Waals surface area contributed by atoms with Gasteiger partial charge in [0.25, 0.3) is 0 Å². The Hall–Kier alpha value is -1.92. The van der Waals surface area contributed by atoms with E-state index in [0.29, 0.717) is 6.54 Å². The van der Waals surface area contributed by atoms with Gasteiger partial charge in [-0.1, -0.05) is 0 Å². The molecule has 3 heterocycles. The predicted molar refractivity (Wildman–Crippen MR) is 85.4 cm³/mol. The van der Waals surface area contributed by atoms with Crippen LogP contribution in [-0.4, -0.2) is 10.9 Å². The summed E-state index contributed by atoms with van der Waals surface area (Å²) in [5, 5.41) is 3.78. The lowest BCUT2D eigenvalue weighted by Crippen LogP contribution is -2.17. The molecule has 3 aromatic heterocycles. The van der Waals surface area contributed by atoms with Gasteiger partial charge in [-0.25, -0.2) is 4.98 Å². The first-order valence-corrected chi connectivity index (χ1v) is 8.10. The fourth-order valence-corrected chi connectivity index (χ4v) is 3.92. The summed E-state index contributed by atoms with van der Waals surface area (Å²) < 4.78 is 5.11. The number of aromatic nitrogens is 1. The van der Waals surface area contributed by atoms with Gasteiger partial charge in [0.1, 0.15) is 11.3 Å². The molecule has 21 heavy (non-hydrogen) atoms. The number of thiophene rings is 1. The summed E-state index contributed by atoms with van der Waals surface area (Å²) in [6, 6.07) is 6.01. The zero-order valence-corrected chi connectivity index (χ0v) is 13.3. The van der Waals surface area contributed by atoms with Crippen molar-refractivity contribution in [1.82, 2.24) is 10.3 Å². The molecule has 0 aliphatic rings. The van der Waals surface area contributed by atoms with E-state index in [-0.39, 0.29) is 5.91 Å². The van der Waals surface area contributed by atoms with Gasteiger partial charge in [0.05, 0.1) is 23.4 Å². The van der Waals surface area contributed by atoms with E-state index in [0.717, 1.165) is 26.0 Å². The Morgan fingerprint density at radius 3 is 2.90 bits per heavy atom. The molecule has 0 saturated heterocycles. The van der Waals surface area contributed by atoms with Gasteiger partial charge < -0.3 is 9.73 Å². The number of aryl methyl sites for hydroxylation is 1. The molecule has 108 valence electrons. The third-order valence-corrected chi connectivity index (χ3v) is 5.08. The van der Waals surface area contributed by atoms with Crippen LogP contribution in [0.25, 0.3) is 21.1 Å². The van der Waals surface area contributed by atoms with Crippen LogP contribution in [0, 0.1) is 6.92 Å². The zero-order chi connectivity index (χ0) is 14.8. The number of rotatable bonds is 4. The second-order valence-corrected chi connectivity index (χ2v) is 6.98. The maximum absolute atomic E-state index is 11.0. The second-order valence-electron chi connectivity index (χ2n) is 4.61. The highest BCUT2D eigenvalue weighted by Crippen LogP contribution is 2.36. The number of hydrogen-bond acceptors (Lipinski definition) is 5. The monoisotopic (exact) mass is 318 g/mol. The summed E-state index contributed by atoms with van der Waals surface area (Å²) in [5.41, 5.74) is 2.01. The lowest BCUT2D eigenvalue weighted by molar-refractivity contribution is -0.119. The Bertz CT molecular complexity index is 757. The van der Waals surface area contributed by atoms with E-state index in [1.54, 1.807) is 35.2 Å². The lowest BCUT2D eigenvalue weighted by atomic mass is 10.3. The van der Waals surface area contributed by atoms with Gasteiger partial charge in [-0.3, -0.25) is 4.79 Å². The summed E-state index contributed by atoms with van der Waals surface area (Å²) in [7, 11) is 0. The van der Waals surface area contributed by atoms with Crippen LogP contribution < -0.4 is 5.32 Å². The Morgan fingerprint density at radius 2 is 2.19 bits per heavy atom. The molecule has 0 fully saturated rings. The Balaban J connectivity index is 1.85. The summed E-state index contributed by atoms with van der Waals surface area (Å²) in [6.07, 6.45) is 3.36. The van der Waals surface area contributed by atoms with Crippen LogP contribution in [0.4, 0.5) is 0 Å². The van der Waals surface area contributed by atoms with Gasteiger partial charge in [-0.2, -0.15) is 0 Å². The van der Waals surface area contributed by atoms with Crippen molar-refractivity contribution < 1.29 is 9.21 Å². The molecule has 1 N–H and O–H groups in total. The molecule has 1 amide bonds. The van der Waals surface area contributed by atoms with Crippen LogP contribution >= 0.6 is 22.7 Å². The summed E-state index contributed by atoms with van der Waals surface area (Å²) in [4.78, 5) is 19.1. The highest BCUT2D eigenvalue weighted by molar-refractivity contribution is 7.17. The van der Waals surface area contributed by atoms with Crippen molar-refractivity contribution in [3.63, 3.8) is 0 Å². The van der Waals surface area contributed by atoms with Crippen LogP contribution in [0.2, 0.25) is 0 Å². The standard InChI is InChI=1S/C15H14N2O2S2/c1-9-14(17-15(20-9)11-5-6-19-8-11)13-4-3-12(21-13)7-16-10(2)18/h3-6,8H,7H2,1-2H3,(H,16,18). The molecule has 3 aromatic rings. The van der Waals surface area contributed by atoms with Gasteiger partial charge >= 0.3 is 0 Å². The molecule has 0 atom stereocenters. The molecule has 0 bridgehead atoms. The number of amides is 1. The number of nitrogens with one attached hydrogen (secondary N) is 1. The minimum absolute atomic E-state index is 0.0166. The molecule has 0 spiro atoms. The molecule has 0 saturated carbocycles. The van der Waals surface area contributed by atoms with Crippen molar-refractivity contribution in [1.29, 1.82) is 0 Å². The third kappa shape index (κ3) is 3.06. The van der Waals surface area contributed by atoms with E-state index in [1.165, 1.54) is 11.8 Å². The van der Waals surface area contributed by atoms with E-state index >= 15 is 0 Å².